The standard InChI is InChI=1S/C16H29N3O2/c1-17-8-4-16(5-9-17)6-10-19(13-16)15(21)12-18-7-2-3-14(20)11-18/h14,20H,2-13H2,1H3. The number of carbonyl (C=O) groups is 1. The van der Waals surface area contributed by atoms with E-state index < -0.39 is 0 Å². The van der Waals surface area contributed by atoms with Gasteiger partial charge in [0.05, 0.1) is 12.6 Å². The van der Waals surface area contributed by atoms with E-state index in [2.05, 4.69) is 21.7 Å². The molecular formula is C16H29N3O2. The van der Waals surface area contributed by atoms with Crippen LogP contribution in [0.1, 0.15) is 32.1 Å². The maximum Gasteiger partial charge on any atom is 0.236 e. The number of nitrogens with zero attached hydrogens (tertiary/aromatic N) is 3. The minimum Gasteiger partial charge on any atom is -0.392 e. The zero-order valence-corrected chi connectivity index (χ0v) is 13.3. The van der Waals surface area contributed by atoms with E-state index in [-0.39, 0.29) is 12.0 Å². The van der Waals surface area contributed by atoms with Crippen LogP contribution in [-0.4, -0.2) is 84.7 Å². The van der Waals surface area contributed by atoms with Crippen molar-refractivity contribution in [2.24, 2.45) is 5.41 Å². The summed E-state index contributed by atoms with van der Waals surface area (Å²) >= 11 is 0. The molecule has 0 aromatic rings. The van der Waals surface area contributed by atoms with Crippen molar-refractivity contribution in [3.05, 3.63) is 0 Å². The van der Waals surface area contributed by atoms with Gasteiger partial charge in [-0.1, -0.05) is 0 Å². The molecule has 1 atom stereocenters. The number of likely N-dealkylation sites (tertiary alicyclic amines) is 3. The Labute approximate surface area is 127 Å². The molecule has 0 radical (unpaired) electrons. The van der Waals surface area contributed by atoms with Crippen LogP contribution >= 0.6 is 0 Å². The third-order valence-electron chi connectivity index (χ3n) is 5.68. The molecule has 1 N–H and O–H groups in total. The van der Waals surface area contributed by atoms with Crippen molar-refractivity contribution in [2.75, 3.05) is 52.9 Å². The number of amides is 1. The highest BCUT2D eigenvalue weighted by Crippen LogP contribution is 2.40. The topological polar surface area (TPSA) is 47.0 Å². The molecule has 1 amide bonds. The molecule has 0 aromatic carbocycles. The molecule has 1 unspecified atom stereocenters. The van der Waals surface area contributed by atoms with Gasteiger partial charge < -0.3 is 14.9 Å². The number of rotatable bonds is 2. The van der Waals surface area contributed by atoms with Crippen molar-refractivity contribution >= 4 is 5.91 Å². The third kappa shape index (κ3) is 3.58. The number of hydrogen-bond donors (Lipinski definition) is 1. The van der Waals surface area contributed by atoms with Crippen LogP contribution < -0.4 is 0 Å². The molecule has 0 aliphatic carbocycles. The van der Waals surface area contributed by atoms with Gasteiger partial charge in [-0.05, 0) is 64.2 Å². The highest BCUT2D eigenvalue weighted by Gasteiger charge is 2.41. The smallest absolute Gasteiger partial charge is 0.236 e. The first-order valence-electron chi connectivity index (χ1n) is 8.43. The Hall–Kier alpha value is -0.650. The molecule has 5 nitrogen and oxygen atoms in total. The van der Waals surface area contributed by atoms with Gasteiger partial charge in [-0.2, -0.15) is 0 Å². The largest absolute Gasteiger partial charge is 0.392 e. The average Bonchev–Trinajstić information content (AvgIpc) is 2.87. The molecule has 21 heavy (non-hydrogen) atoms. The number of piperidine rings is 2. The van der Waals surface area contributed by atoms with Crippen LogP contribution in [0.5, 0.6) is 0 Å². The second-order valence-corrected chi connectivity index (χ2v) is 7.40. The first-order chi connectivity index (χ1) is 10.1. The lowest BCUT2D eigenvalue weighted by atomic mass is 9.78. The van der Waals surface area contributed by atoms with Crippen molar-refractivity contribution in [2.45, 2.75) is 38.2 Å². The Bertz CT molecular complexity index is 380. The van der Waals surface area contributed by atoms with Crippen molar-refractivity contribution in [3.63, 3.8) is 0 Å². The zero-order chi connectivity index (χ0) is 14.9. The molecule has 0 aromatic heterocycles. The second-order valence-electron chi connectivity index (χ2n) is 7.40. The van der Waals surface area contributed by atoms with Gasteiger partial charge in [-0.3, -0.25) is 9.69 Å². The second kappa shape index (κ2) is 6.23. The third-order valence-corrected chi connectivity index (χ3v) is 5.68. The van der Waals surface area contributed by atoms with Gasteiger partial charge in [0.25, 0.3) is 0 Å². The summed E-state index contributed by atoms with van der Waals surface area (Å²) in [6.07, 6.45) is 5.28. The Balaban J connectivity index is 1.50. The fourth-order valence-corrected chi connectivity index (χ4v) is 4.12. The number of carbonyl (C=O) groups excluding carboxylic acids is 1. The molecule has 3 fully saturated rings. The number of hydrogen-bond acceptors (Lipinski definition) is 4. The fraction of sp³-hybridized carbons (Fsp3) is 0.938. The van der Waals surface area contributed by atoms with E-state index in [4.69, 9.17) is 0 Å². The molecule has 3 saturated heterocycles. The molecule has 1 spiro atoms. The van der Waals surface area contributed by atoms with Crippen molar-refractivity contribution in [1.29, 1.82) is 0 Å². The van der Waals surface area contributed by atoms with E-state index in [1.54, 1.807) is 0 Å². The molecule has 3 rings (SSSR count). The lowest BCUT2D eigenvalue weighted by molar-refractivity contribution is -0.132. The van der Waals surface area contributed by atoms with Gasteiger partial charge in [-0.25, -0.2) is 0 Å². The molecule has 3 aliphatic heterocycles. The molecule has 3 heterocycles. The van der Waals surface area contributed by atoms with E-state index in [0.29, 0.717) is 18.5 Å². The summed E-state index contributed by atoms with van der Waals surface area (Å²) in [6, 6.07) is 0. The molecule has 120 valence electrons. The van der Waals surface area contributed by atoms with Gasteiger partial charge >= 0.3 is 0 Å². The first-order valence-corrected chi connectivity index (χ1v) is 8.43. The summed E-state index contributed by atoms with van der Waals surface area (Å²) in [5.74, 6) is 0.264. The Kier molecular flexibility index (Phi) is 4.52. The van der Waals surface area contributed by atoms with E-state index >= 15 is 0 Å². The van der Waals surface area contributed by atoms with Crippen LogP contribution in [-0.2, 0) is 4.79 Å². The van der Waals surface area contributed by atoms with Crippen LogP contribution in [0.4, 0.5) is 0 Å². The summed E-state index contributed by atoms with van der Waals surface area (Å²) < 4.78 is 0. The number of aliphatic hydroxyl groups is 1. The molecule has 0 saturated carbocycles. The molecule has 3 aliphatic rings. The highest BCUT2D eigenvalue weighted by atomic mass is 16.3. The van der Waals surface area contributed by atoms with Gasteiger partial charge in [0.15, 0.2) is 0 Å². The van der Waals surface area contributed by atoms with Crippen LogP contribution in [0.25, 0.3) is 0 Å². The maximum absolute atomic E-state index is 12.5. The predicted molar refractivity (Wildman–Crippen MR) is 82.0 cm³/mol. The van der Waals surface area contributed by atoms with E-state index in [0.717, 1.165) is 32.5 Å². The van der Waals surface area contributed by atoms with Crippen LogP contribution in [0.3, 0.4) is 0 Å². The maximum atomic E-state index is 12.5. The fourth-order valence-electron chi connectivity index (χ4n) is 4.12. The van der Waals surface area contributed by atoms with E-state index in [1.165, 1.54) is 32.4 Å². The van der Waals surface area contributed by atoms with Gasteiger partial charge in [0.2, 0.25) is 5.91 Å². The van der Waals surface area contributed by atoms with Crippen molar-refractivity contribution < 1.29 is 9.90 Å². The predicted octanol–water partition coefficient (Wildman–Crippen LogP) is 0.387. The van der Waals surface area contributed by atoms with Gasteiger partial charge in [-0.15, -0.1) is 0 Å². The Morgan fingerprint density at radius 2 is 1.90 bits per heavy atom. The minimum absolute atomic E-state index is 0.245. The molecule has 0 bridgehead atoms. The summed E-state index contributed by atoms with van der Waals surface area (Å²) in [5, 5.41) is 9.71. The monoisotopic (exact) mass is 295 g/mol. The summed E-state index contributed by atoms with van der Waals surface area (Å²) in [6.45, 7) is 6.32. The molecule has 5 heteroatoms. The average molecular weight is 295 g/mol. The van der Waals surface area contributed by atoms with Crippen LogP contribution in [0.2, 0.25) is 0 Å². The quantitative estimate of drug-likeness (QED) is 0.800. The van der Waals surface area contributed by atoms with Gasteiger partial charge in [0, 0.05) is 19.6 Å². The van der Waals surface area contributed by atoms with E-state index in [1.807, 2.05) is 0 Å². The van der Waals surface area contributed by atoms with E-state index in [9.17, 15) is 9.90 Å². The van der Waals surface area contributed by atoms with Crippen molar-refractivity contribution in [3.8, 4) is 0 Å². The Morgan fingerprint density at radius 3 is 2.62 bits per heavy atom. The molecular weight excluding hydrogens is 266 g/mol. The highest BCUT2D eigenvalue weighted by molar-refractivity contribution is 5.78. The summed E-state index contributed by atoms with van der Waals surface area (Å²) in [7, 11) is 2.19. The van der Waals surface area contributed by atoms with Crippen LogP contribution in [0.15, 0.2) is 0 Å². The lowest BCUT2D eigenvalue weighted by Crippen LogP contribution is -2.46. The first kappa shape index (κ1) is 15.3. The Morgan fingerprint density at radius 1 is 1.19 bits per heavy atom. The van der Waals surface area contributed by atoms with Crippen LogP contribution in [0, 0.1) is 5.41 Å². The summed E-state index contributed by atoms with van der Waals surface area (Å²) in [5.41, 5.74) is 0.392. The minimum atomic E-state index is -0.245. The lowest BCUT2D eigenvalue weighted by Gasteiger charge is -2.37. The summed E-state index contributed by atoms with van der Waals surface area (Å²) in [4.78, 5) is 19.1. The SMILES string of the molecule is CN1CCC2(CC1)CCN(C(=O)CN1CCCC(O)C1)C2. The normalized spacial score (nSPS) is 31.0. The zero-order valence-electron chi connectivity index (χ0n) is 13.3. The number of β-amino-alcohol motifs (C(OH)–C–C–N with tert-alkyl or cyclic N) is 1. The van der Waals surface area contributed by atoms with Crippen molar-refractivity contribution in [1.82, 2.24) is 14.7 Å². The van der Waals surface area contributed by atoms with Gasteiger partial charge in [0.1, 0.15) is 0 Å². The number of aliphatic hydroxyl groups excluding tert-OH is 1.